The third-order valence-electron chi connectivity index (χ3n) is 6.59. The molecule has 0 N–H and O–H groups in total. The van der Waals surface area contributed by atoms with E-state index in [1.807, 2.05) is 6.92 Å². The molecule has 1 aliphatic rings. The van der Waals surface area contributed by atoms with Crippen molar-refractivity contribution in [3.8, 4) is 23.1 Å². The van der Waals surface area contributed by atoms with Crippen LogP contribution < -0.4 is 9.47 Å². The van der Waals surface area contributed by atoms with E-state index in [2.05, 4.69) is 0 Å². The van der Waals surface area contributed by atoms with E-state index in [4.69, 9.17) is 23.7 Å². The highest BCUT2D eigenvalue weighted by Gasteiger charge is 2.29. The number of aryl methyl sites for hydroxylation is 1. The summed E-state index contributed by atoms with van der Waals surface area (Å²) in [5.74, 6) is -0.991. The van der Waals surface area contributed by atoms with Crippen LogP contribution in [0.4, 0.5) is 8.78 Å². The van der Waals surface area contributed by atoms with Gasteiger partial charge in [0.05, 0.1) is 43.0 Å². The molecule has 10 heteroatoms. The van der Waals surface area contributed by atoms with Crippen LogP contribution in [-0.4, -0.2) is 47.0 Å². The summed E-state index contributed by atoms with van der Waals surface area (Å²) >= 11 is 0. The fourth-order valence-corrected chi connectivity index (χ4v) is 4.59. The number of nitrogens with zero attached hydrogens (tertiary/aromatic N) is 3. The van der Waals surface area contributed by atoms with Crippen LogP contribution in [0.3, 0.4) is 0 Å². The number of hydrogen-bond acceptors (Lipinski definition) is 6. The molecule has 39 heavy (non-hydrogen) atoms. The van der Waals surface area contributed by atoms with Crippen molar-refractivity contribution in [2.75, 3.05) is 20.3 Å². The molecule has 0 spiro atoms. The third kappa shape index (κ3) is 5.80. The maximum absolute atomic E-state index is 14.7. The summed E-state index contributed by atoms with van der Waals surface area (Å²) in [6.45, 7) is 3.02. The Morgan fingerprint density at radius 1 is 1.18 bits per heavy atom. The van der Waals surface area contributed by atoms with Crippen molar-refractivity contribution in [3.63, 3.8) is 0 Å². The van der Waals surface area contributed by atoms with Gasteiger partial charge in [-0.1, -0.05) is 6.92 Å². The second kappa shape index (κ2) is 11.7. The lowest BCUT2D eigenvalue weighted by Gasteiger charge is -2.25. The van der Waals surface area contributed by atoms with Crippen molar-refractivity contribution in [1.82, 2.24) is 14.7 Å². The Kier molecular flexibility index (Phi) is 7.92. The van der Waals surface area contributed by atoms with E-state index in [-0.39, 0.29) is 35.9 Å². The number of ether oxygens (including phenoxy) is 3. The summed E-state index contributed by atoms with van der Waals surface area (Å²) < 4.78 is 52.5. The summed E-state index contributed by atoms with van der Waals surface area (Å²) in [5.41, 5.74) is 1.89. The Labute approximate surface area is 224 Å². The van der Waals surface area contributed by atoms with Crippen LogP contribution in [0.15, 0.2) is 65.3 Å². The zero-order valence-electron chi connectivity index (χ0n) is 21.7. The van der Waals surface area contributed by atoms with E-state index in [9.17, 15) is 13.6 Å². The SMILES string of the molecule is CCc1nn(-c2ccc(OC)cc2)c(Oc2ccc(F)cc2F)c1CN(CC1CCCO1)C(=O)c1ccco1. The molecule has 1 atom stereocenters. The van der Waals surface area contributed by atoms with Crippen LogP contribution in [0, 0.1) is 11.6 Å². The smallest absolute Gasteiger partial charge is 0.289 e. The molecule has 1 fully saturated rings. The van der Waals surface area contributed by atoms with Crippen LogP contribution in [-0.2, 0) is 17.7 Å². The predicted molar refractivity (Wildman–Crippen MR) is 138 cm³/mol. The van der Waals surface area contributed by atoms with Gasteiger partial charge in [-0.2, -0.15) is 5.10 Å². The van der Waals surface area contributed by atoms with E-state index < -0.39 is 11.6 Å². The molecule has 1 unspecified atom stereocenters. The quantitative estimate of drug-likeness (QED) is 0.250. The average Bonchev–Trinajstić information content (AvgIpc) is 3.72. The van der Waals surface area contributed by atoms with E-state index in [0.29, 0.717) is 42.3 Å². The Morgan fingerprint density at radius 3 is 2.64 bits per heavy atom. The average molecular weight is 538 g/mol. The maximum Gasteiger partial charge on any atom is 0.289 e. The molecule has 2 aromatic carbocycles. The van der Waals surface area contributed by atoms with E-state index >= 15 is 0 Å². The van der Waals surface area contributed by atoms with Crippen LogP contribution in [0.2, 0.25) is 0 Å². The van der Waals surface area contributed by atoms with E-state index in [0.717, 1.165) is 25.0 Å². The largest absolute Gasteiger partial charge is 0.497 e. The van der Waals surface area contributed by atoms with Gasteiger partial charge in [0.2, 0.25) is 5.88 Å². The van der Waals surface area contributed by atoms with Gasteiger partial charge < -0.3 is 23.5 Å². The van der Waals surface area contributed by atoms with Crippen LogP contribution >= 0.6 is 0 Å². The van der Waals surface area contributed by atoms with Gasteiger partial charge in [-0.15, -0.1) is 0 Å². The second-order valence-corrected chi connectivity index (χ2v) is 9.17. The molecule has 3 heterocycles. The Morgan fingerprint density at radius 2 is 2.00 bits per heavy atom. The number of hydrogen-bond donors (Lipinski definition) is 0. The highest BCUT2D eigenvalue weighted by molar-refractivity contribution is 5.91. The molecular formula is C29H29F2N3O5. The first-order valence-corrected chi connectivity index (χ1v) is 12.8. The number of carbonyl (C=O) groups is 1. The van der Waals surface area contributed by atoms with Crippen LogP contribution in [0.25, 0.3) is 5.69 Å². The normalized spacial score (nSPS) is 14.9. The molecule has 0 saturated carbocycles. The van der Waals surface area contributed by atoms with Crippen LogP contribution in [0.5, 0.6) is 17.4 Å². The summed E-state index contributed by atoms with van der Waals surface area (Å²) in [4.78, 5) is 15.1. The van der Waals surface area contributed by atoms with Gasteiger partial charge >= 0.3 is 0 Å². The van der Waals surface area contributed by atoms with Gasteiger partial charge in [-0.25, -0.2) is 13.5 Å². The number of halogens is 2. The van der Waals surface area contributed by atoms with Crippen molar-refractivity contribution in [3.05, 3.63) is 89.5 Å². The molecule has 2 aromatic heterocycles. The number of carbonyl (C=O) groups excluding carboxylic acids is 1. The van der Waals surface area contributed by atoms with Crippen molar-refractivity contribution >= 4 is 5.91 Å². The molecule has 1 saturated heterocycles. The summed E-state index contributed by atoms with van der Waals surface area (Å²) in [6, 6.07) is 13.5. The molecular weight excluding hydrogens is 508 g/mol. The first kappa shape index (κ1) is 26.4. The van der Waals surface area contributed by atoms with Crippen LogP contribution in [0.1, 0.15) is 41.6 Å². The molecule has 0 bridgehead atoms. The monoisotopic (exact) mass is 537 g/mol. The number of rotatable bonds is 10. The molecule has 1 amide bonds. The number of aromatic nitrogens is 2. The number of furan rings is 1. The Bertz CT molecular complexity index is 1410. The number of benzene rings is 2. The van der Waals surface area contributed by atoms with E-state index in [1.165, 1.54) is 12.3 Å². The summed E-state index contributed by atoms with van der Waals surface area (Å²) in [5, 5.41) is 4.77. The topological polar surface area (TPSA) is 79.0 Å². The molecule has 0 radical (unpaired) electrons. The molecule has 5 rings (SSSR count). The minimum atomic E-state index is -0.857. The first-order chi connectivity index (χ1) is 19.0. The van der Waals surface area contributed by atoms with Crippen molar-refractivity contribution in [2.24, 2.45) is 0 Å². The maximum atomic E-state index is 14.7. The second-order valence-electron chi connectivity index (χ2n) is 9.17. The minimum Gasteiger partial charge on any atom is -0.497 e. The van der Waals surface area contributed by atoms with Gasteiger partial charge in [-0.3, -0.25) is 4.79 Å². The van der Waals surface area contributed by atoms with Gasteiger partial charge in [-0.05, 0) is 67.8 Å². The summed E-state index contributed by atoms with van der Waals surface area (Å²) in [7, 11) is 1.57. The van der Waals surface area contributed by atoms with Gasteiger partial charge in [0, 0.05) is 19.2 Å². The van der Waals surface area contributed by atoms with Gasteiger partial charge in [0.1, 0.15) is 11.6 Å². The minimum absolute atomic E-state index is 0.108. The predicted octanol–water partition coefficient (Wildman–Crippen LogP) is 5.93. The van der Waals surface area contributed by atoms with Crippen molar-refractivity contribution in [1.29, 1.82) is 0 Å². The first-order valence-electron chi connectivity index (χ1n) is 12.8. The molecule has 0 aliphatic carbocycles. The Balaban J connectivity index is 1.59. The third-order valence-corrected chi connectivity index (χ3v) is 6.59. The molecule has 8 nitrogen and oxygen atoms in total. The van der Waals surface area contributed by atoms with Crippen molar-refractivity contribution < 1.29 is 32.2 Å². The van der Waals surface area contributed by atoms with Crippen molar-refractivity contribution in [2.45, 2.75) is 38.8 Å². The number of methoxy groups -OCH3 is 1. The Hall–Kier alpha value is -4.18. The zero-order valence-corrected chi connectivity index (χ0v) is 21.7. The fraction of sp³-hybridized carbons (Fsp3) is 0.310. The fourth-order valence-electron chi connectivity index (χ4n) is 4.59. The van der Waals surface area contributed by atoms with Gasteiger partial charge in [0.15, 0.2) is 17.3 Å². The lowest BCUT2D eigenvalue weighted by atomic mass is 10.1. The van der Waals surface area contributed by atoms with E-state index in [1.54, 1.807) is 53.1 Å². The summed E-state index contributed by atoms with van der Waals surface area (Å²) in [6.07, 6.45) is 3.59. The lowest BCUT2D eigenvalue weighted by molar-refractivity contribution is 0.0482. The zero-order chi connectivity index (χ0) is 27.4. The lowest BCUT2D eigenvalue weighted by Crippen LogP contribution is -2.37. The van der Waals surface area contributed by atoms with Gasteiger partial charge in [0.25, 0.3) is 5.91 Å². The molecule has 204 valence electrons. The standard InChI is InChI=1S/C29H29F2N3O5/c1-3-25-23(18-33(17-22-6-4-14-37-22)28(35)27-7-5-15-38-27)29(39-26-13-8-19(30)16-24(26)31)34(32-25)20-9-11-21(36-2)12-10-20/h5,7-13,15-16,22H,3-4,6,14,17-18H2,1-2H3. The molecule has 4 aromatic rings. The number of amides is 1. The molecule has 1 aliphatic heterocycles. The highest BCUT2D eigenvalue weighted by atomic mass is 19.1. The highest BCUT2D eigenvalue weighted by Crippen LogP contribution is 2.34.